The van der Waals surface area contributed by atoms with E-state index in [9.17, 15) is 26.4 Å². The topological polar surface area (TPSA) is 66.5 Å². The molecule has 3 rings (SSSR count). The van der Waals surface area contributed by atoms with Gasteiger partial charge in [0.1, 0.15) is 4.90 Å². The van der Waals surface area contributed by atoms with Crippen LogP contribution in [0.4, 0.5) is 18.9 Å². The molecule has 2 unspecified atom stereocenters. The van der Waals surface area contributed by atoms with E-state index in [-0.39, 0.29) is 23.4 Å². The number of halogens is 3. The lowest BCUT2D eigenvalue weighted by Gasteiger charge is -2.30. The van der Waals surface area contributed by atoms with E-state index in [2.05, 4.69) is 5.32 Å². The number of benzene rings is 1. The highest BCUT2D eigenvalue weighted by atomic mass is 32.2. The van der Waals surface area contributed by atoms with Gasteiger partial charge in [-0.3, -0.25) is 4.79 Å². The van der Waals surface area contributed by atoms with Crippen LogP contribution in [0.5, 0.6) is 0 Å². The highest BCUT2D eigenvalue weighted by molar-refractivity contribution is 7.89. The number of rotatable bonds is 4. The van der Waals surface area contributed by atoms with Gasteiger partial charge in [0.05, 0.1) is 11.6 Å². The first-order valence-corrected chi connectivity index (χ1v) is 11.1. The predicted molar refractivity (Wildman–Crippen MR) is 99.2 cm³/mol. The summed E-state index contributed by atoms with van der Waals surface area (Å²) in [5, 5.41) is 2.59. The van der Waals surface area contributed by atoms with E-state index in [1.165, 1.54) is 16.4 Å². The molecule has 2 fully saturated rings. The molecule has 0 radical (unpaired) electrons. The SMILES string of the molecule is O=C(Nc1ccccc1S(=O)(=O)N1CCCCC1)C1CCCC(C(F)(F)F)C1. The van der Waals surface area contributed by atoms with Crippen LogP contribution in [0, 0.1) is 11.8 Å². The van der Waals surface area contributed by atoms with E-state index in [1.807, 2.05) is 0 Å². The van der Waals surface area contributed by atoms with Crippen molar-refractivity contribution in [1.82, 2.24) is 4.31 Å². The summed E-state index contributed by atoms with van der Waals surface area (Å²) in [5.74, 6) is -2.80. The molecular formula is C19H25F3N2O3S. The van der Waals surface area contributed by atoms with Gasteiger partial charge >= 0.3 is 6.18 Å². The molecule has 2 atom stereocenters. The highest BCUT2D eigenvalue weighted by Gasteiger charge is 2.43. The number of sulfonamides is 1. The molecule has 156 valence electrons. The minimum Gasteiger partial charge on any atom is -0.325 e. The Bertz CT molecular complexity index is 805. The van der Waals surface area contributed by atoms with Gasteiger partial charge in [0.2, 0.25) is 15.9 Å². The standard InChI is InChI=1S/C19H25F3N2O3S/c20-19(21,22)15-8-6-7-14(13-15)18(25)23-16-9-2-3-10-17(16)28(26,27)24-11-4-1-5-12-24/h2-3,9-10,14-15H,1,4-8,11-13H2,(H,23,25). The first-order valence-electron chi connectivity index (χ1n) is 9.66. The molecule has 5 nitrogen and oxygen atoms in total. The molecule has 1 aromatic rings. The van der Waals surface area contributed by atoms with Crippen molar-refractivity contribution in [2.24, 2.45) is 11.8 Å². The number of carbonyl (C=O) groups is 1. The fraction of sp³-hybridized carbons (Fsp3) is 0.632. The van der Waals surface area contributed by atoms with E-state index in [0.29, 0.717) is 25.9 Å². The van der Waals surface area contributed by atoms with Gasteiger partial charge in [-0.15, -0.1) is 0 Å². The molecule has 1 N–H and O–H groups in total. The van der Waals surface area contributed by atoms with Crippen molar-refractivity contribution >= 4 is 21.6 Å². The van der Waals surface area contributed by atoms with E-state index in [4.69, 9.17) is 0 Å². The van der Waals surface area contributed by atoms with Crippen LogP contribution >= 0.6 is 0 Å². The van der Waals surface area contributed by atoms with Crippen molar-refractivity contribution in [3.63, 3.8) is 0 Å². The Morgan fingerprint density at radius 3 is 2.39 bits per heavy atom. The first-order chi connectivity index (χ1) is 13.2. The summed E-state index contributed by atoms with van der Waals surface area (Å²) in [6.07, 6.45) is -1.27. The van der Waals surface area contributed by atoms with Crippen molar-refractivity contribution in [3.05, 3.63) is 24.3 Å². The Morgan fingerprint density at radius 1 is 1.04 bits per heavy atom. The summed E-state index contributed by atoms with van der Waals surface area (Å²) in [6.45, 7) is 0.862. The molecule has 1 aliphatic carbocycles. The van der Waals surface area contributed by atoms with Gasteiger partial charge in [0.15, 0.2) is 0 Å². The first kappa shape index (κ1) is 21.1. The Labute approximate surface area is 163 Å². The van der Waals surface area contributed by atoms with Gasteiger partial charge in [-0.2, -0.15) is 17.5 Å². The average molecular weight is 418 g/mol. The minimum atomic E-state index is -4.31. The van der Waals surface area contributed by atoms with Gasteiger partial charge in [-0.25, -0.2) is 8.42 Å². The monoisotopic (exact) mass is 418 g/mol. The van der Waals surface area contributed by atoms with E-state index in [0.717, 1.165) is 19.3 Å². The van der Waals surface area contributed by atoms with Crippen LogP contribution in [0.1, 0.15) is 44.9 Å². The van der Waals surface area contributed by atoms with Crippen LogP contribution in [0.2, 0.25) is 0 Å². The highest BCUT2D eigenvalue weighted by Crippen LogP contribution is 2.40. The van der Waals surface area contributed by atoms with Crippen LogP contribution in [0.15, 0.2) is 29.2 Å². The fourth-order valence-electron chi connectivity index (χ4n) is 4.00. The van der Waals surface area contributed by atoms with E-state index in [1.54, 1.807) is 12.1 Å². The third-order valence-corrected chi connectivity index (χ3v) is 7.54. The van der Waals surface area contributed by atoms with Gasteiger partial charge in [-0.05, 0) is 44.2 Å². The molecule has 1 heterocycles. The lowest BCUT2D eigenvalue weighted by Crippen LogP contribution is -2.37. The summed E-state index contributed by atoms with van der Waals surface area (Å²) in [4.78, 5) is 12.6. The Morgan fingerprint density at radius 2 is 1.71 bits per heavy atom. The molecule has 0 spiro atoms. The molecule has 9 heteroatoms. The maximum Gasteiger partial charge on any atom is 0.391 e. The zero-order chi connectivity index (χ0) is 20.4. The number of piperidine rings is 1. The van der Waals surface area contributed by atoms with Crippen LogP contribution in [-0.4, -0.2) is 37.9 Å². The van der Waals surface area contributed by atoms with Crippen LogP contribution in [0.25, 0.3) is 0 Å². The zero-order valence-electron chi connectivity index (χ0n) is 15.5. The minimum absolute atomic E-state index is 0.00608. The molecule has 1 aliphatic heterocycles. The Kier molecular flexibility index (Phi) is 6.34. The van der Waals surface area contributed by atoms with Crippen molar-refractivity contribution < 1.29 is 26.4 Å². The Hall–Kier alpha value is -1.61. The summed E-state index contributed by atoms with van der Waals surface area (Å²) in [7, 11) is -3.76. The van der Waals surface area contributed by atoms with Crippen LogP contribution in [-0.2, 0) is 14.8 Å². The molecule has 2 aliphatic rings. The largest absolute Gasteiger partial charge is 0.391 e. The number of anilines is 1. The Balaban J connectivity index is 1.77. The fourth-order valence-corrected chi connectivity index (χ4v) is 5.66. The number of carbonyl (C=O) groups excluding carboxylic acids is 1. The molecule has 28 heavy (non-hydrogen) atoms. The van der Waals surface area contributed by atoms with Crippen LogP contribution < -0.4 is 5.32 Å². The number of amides is 1. The quantitative estimate of drug-likeness (QED) is 0.798. The van der Waals surface area contributed by atoms with E-state index < -0.39 is 33.9 Å². The van der Waals surface area contributed by atoms with Crippen LogP contribution in [0.3, 0.4) is 0 Å². The third-order valence-electron chi connectivity index (χ3n) is 5.59. The second-order valence-corrected chi connectivity index (χ2v) is 9.46. The van der Waals surface area contributed by atoms with Gasteiger partial charge in [0.25, 0.3) is 0 Å². The molecule has 1 aromatic carbocycles. The van der Waals surface area contributed by atoms with Gasteiger partial charge in [0, 0.05) is 19.0 Å². The van der Waals surface area contributed by atoms with Crippen molar-refractivity contribution in [3.8, 4) is 0 Å². The lowest BCUT2D eigenvalue weighted by atomic mass is 9.80. The summed E-state index contributed by atoms with van der Waals surface area (Å²) < 4.78 is 66.4. The smallest absolute Gasteiger partial charge is 0.325 e. The molecular weight excluding hydrogens is 393 g/mol. The maximum atomic E-state index is 13.0. The summed E-state index contributed by atoms with van der Waals surface area (Å²) >= 11 is 0. The summed E-state index contributed by atoms with van der Waals surface area (Å²) in [5.41, 5.74) is 0.132. The zero-order valence-corrected chi connectivity index (χ0v) is 16.4. The third kappa shape index (κ3) is 4.68. The molecule has 0 bridgehead atoms. The number of nitrogens with zero attached hydrogens (tertiary/aromatic N) is 1. The van der Waals surface area contributed by atoms with Gasteiger partial charge in [-0.1, -0.05) is 25.0 Å². The summed E-state index contributed by atoms with van der Waals surface area (Å²) in [6, 6.07) is 6.09. The van der Waals surface area contributed by atoms with Gasteiger partial charge < -0.3 is 5.32 Å². The number of alkyl halides is 3. The van der Waals surface area contributed by atoms with E-state index >= 15 is 0 Å². The number of hydrogen-bond donors (Lipinski definition) is 1. The number of para-hydroxylation sites is 1. The second-order valence-electron chi connectivity index (χ2n) is 7.55. The number of nitrogens with one attached hydrogen (secondary N) is 1. The normalized spacial score (nSPS) is 24.7. The number of hydrogen-bond acceptors (Lipinski definition) is 3. The molecule has 0 aromatic heterocycles. The second kappa shape index (κ2) is 8.41. The molecule has 1 amide bonds. The maximum absolute atomic E-state index is 13.0. The molecule has 1 saturated carbocycles. The predicted octanol–water partition coefficient (Wildman–Crippen LogP) is 4.17. The van der Waals surface area contributed by atoms with Crippen molar-refractivity contribution in [2.45, 2.75) is 56.0 Å². The molecule has 1 saturated heterocycles. The lowest BCUT2D eigenvalue weighted by molar-refractivity contribution is -0.185. The van der Waals surface area contributed by atoms with Crippen molar-refractivity contribution in [2.75, 3.05) is 18.4 Å². The van der Waals surface area contributed by atoms with Crippen molar-refractivity contribution in [1.29, 1.82) is 0 Å². The average Bonchev–Trinajstić information content (AvgIpc) is 2.68.